The number of phenolic OH excluding ortho intramolecular Hbond substituents is 2. The van der Waals surface area contributed by atoms with Crippen molar-refractivity contribution >= 4 is 38.7 Å². The Bertz CT molecular complexity index is 1220. The molecule has 0 saturated heterocycles. The molecule has 0 saturated carbocycles. The lowest BCUT2D eigenvalue weighted by molar-refractivity contribution is 0.462. The Morgan fingerprint density at radius 3 is 2.59 bits per heavy atom. The molecule has 0 spiro atoms. The Hall–Kier alpha value is -3.38. The minimum absolute atomic E-state index is 0.222. The Balaban J connectivity index is 1.74. The normalized spacial score (nSPS) is 12.2. The fraction of sp³-hybridized carbons (Fsp3) is 0.0870. The summed E-state index contributed by atoms with van der Waals surface area (Å²) in [6.07, 6.45) is 3.74. The minimum Gasteiger partial charge on any atom is -0.508 e. The highest BCUT2D eigenvalue weighted by Crippen LogP contribution is 2.31. The third kappa shape index (κ3) is 4.22. The van der Waals surface area contributed by atoms with Crippen LogP contribution in [0.1, 0.15) is 5.56 Å². The fourth-order valence-corrected chi connectivity index (χ4v) is 4.38. The van der Waals surface area contributed by atoms with Crippen molar-refractivity contribution in [1.82, 2.24) is 4.98 Å². The number of aromatic hydroxyl groups is 2. The number of nitrogens with zero attached hydrogens (tertiary/aromatic N) is 2. The molecule has 146 valence electrons. The quantitative estimate of drug-likeness (QED) is 0.401. The molecule has 1 unspecified atom stereocenters. The van der Waals surface area contributed by atoms with Crippen molar-refractivity contribution in [2.45, 2.75) is 11.8 Å². The van der Waals surface area contributed by atoms with Gasteiger partial charge in [0.25, 0.3) is 0 Å². The second-order valence-corrected chi connectivity index (χ2v) is 8.36. The lowest BCUT2D eigenvalue weighted by atomic mass is 10.1. The maximum Gasteiger partial charge on any atom is 0.130 e. The van der Waals surface area contributed by atoms with Crippen molar-refractivity contribution in [2.75, 3.05) is 11.6 Å². The predicted octanol–water partition coefficient (Wildman–Crippen LogP) is 5.82. The number of aryl methyl sites for hydroxylation is 1. The molecule has 0 amide bonds. The molecule has 0 radical (unpaired) electrons. The number of hydrogen-bond acceptors (Lipinski definition) is 5. The summed E-state index contributed by atoms with van der Waals surface area (Å²) in [5.41, 5.74) is 4.33. The minimum atomic E-state index is -0.488. The Morgan fingerprint density at radius 1 is 0.966 bits per heavy atom. The summed E-state index contributed by atoms with van der Waals surface area (Å²) in [7, 11) is -0.488. The second-order valence-electron chi connectivity index (χ2n) is 6.78. The zero-order valence-corrected chi connectivity index (χ0v) is 16.9. The van der Waals surface area contributed by atoms with Crippen LogP contribution >= 0.6 is 0 Å². The third-order valence-corrected chi connectivity index (χ3v) is 5.96. The van der Waals surface area contributed by atoms with Crippen LogP contribution in [-0.4, -0.2) is 21.5 Å². The van der Waals surface area contributed by atoms with Crippen molar-refractivity contribution in [1.29, 1.82) is 0 Å². The monoisotopic (exact) mass is 403 g/mol. The first-order chi connectivity index (χ1) is 14.0. The summed E-state index contributed by atoms with van der Waals surface area (Å²) in [4.78, 5) is 5.25. The predicted molar refractivity (Wildman–Crippen MR) is 120 cm³/mol. The number of phenols is 2. The van der Waals surface area contributed by atoms with Gasteiger partial charge in [-0.3, -0.25) is 4.98 Å². The number of pyridine rings is 1. The zero-order chi connectivity index (χ0) is 20.4. The number of anilines is 2. The number of hydrogen-bond donors (Lipinski definition) is 3. The van der Waals surface area contributed by atoms with E-state index < -0.39 is 10.7 Å². The number of rotatable bonds is 4. The van der Waals surface area contributed by atoms with Gasteiger partial charge in [0.2, 0.25) is 0 Å². The van der Waals surface area contributed by atoms with E-state index in [0.717, 1.165) is 38.4 Å². The summed E-state index contributed by atoms with van der Waals surface area (Å²) in [6.45, 7) is 1.94. The van der Waals surface area contributed by atoms with Crippen LogP contribution in [0.15, 0.2) is 82.2 Å². The van der Waals surface area contributed by atoms with E-state index in [2.05, 4.69) is 10.3 Å². The third-order valence-electron chi connectivity index (χ3n) is 4.49. The highest BCUT2D eigenvalue weighted by molar-refractivity contribution is 7.86. The molecule has 1 atom stereocenters. The average Bonchev–Trinajstić information content (AvgIpc) is 2.68. The van der Waals surface area contributed by atoms with E-state index in [9.17, 15) is 10.2 Å². The topological polar surface area (TPSA) is 77.7 Å². The van der Waals surface area contributed by atoms with Crippen LogP contribution in [0.25, 0.3) is 10.9 Å². The van der Waals surface area contributed by atoms with Gasteiger partial charge in [0.15, 0.2) is 0 Å². The second kappa shape index (κ2) is 7.93. The highest BCUT2D eigenvalue weighted by Gasteiger charge is 2.07. The maximum absolute atomic E-state index is 10.1. The molecule has 0 aliphatic carbocycles. The van der Waals surface area contributed by atoms with Crippen LogP contribution in [0.3, 0.4) is 0 Å². The van der Waals surface area contributed by atoms with Gasteiger partial charge < -0.3 is 15.5 Å². The molecule has 1 heterocycles. The van der Waals surface area contributed by atoms with Crippen molar-refractivity contribution in [3.63, 3.8) is 0 Å². The van der Waals surface area contributed by atoms with Crippen molar-refractivity contribution in [2.24, 2.45) is 4.36 Å². The molecule has 5 nitrogen and oxygen atoms in total. The van der Waals surface area contributed by atoms with Crippen molar-refractivity contribution < 1.29 is 10.2 Å². The van der Waals surface area contributed by atoms with Crippen LogP contribution < -0.4 is 5.32 Å². The number of aromatic nitrogens is 1. The molecule has 0 aliphatic rings. The van der Waals surface area contributed by atoms with E-state index in [0.29, 0.717) is 0 Å². The fourth-order valence-electron chi connectivity index (χ4n) is 3.20. The standard InChI is InChI=1S/C23H21N3O2S/c1-15-11-17(13-18(27)12-15)25-21-9-10-24-20-8-7-16(14-19(20)21)26-29(2)23-6-4-3-5-22(23)28/h3-14,27-28H,1-2H3,(H,24,25). The van der Waals surface area contributed by atoms with Gasteiger partial charge in [-0.1, -0.05) is 22.8 Å². The average molecular weight is 404 g/mol. The van der Waals surface area contributed by atoms with Crippen LogP contribution in [0.4, 0.5) is 17.1 Å². The van der Waals surface area contributed by atoms with Gasteiger partial charge in [-0.25, -0.2) is 4.36 Å². The Morgan fingerprint density at radius 2 is 1.79 bits per heavy atom. The van der Waals surface area contributed by atoms with Gasteiger partial charge in [0.05, 0.1) is 16.1 Å². The maximum atomic E-state index is 10.1. The Kier molecular flexibility index (Phi) is 5.18. The van der Waals surface area contributed by atoms with E-state index >= 15 is 0 Å². The molecule has 0 fully saturated rings. The molecular weight excluding hydrogens is 382 g/mol. The van der Waals surface area contributed by atoms with Gasteiger partial charge in [-0.05, 0) is 67.3 Å². The van der Waals surface area contributed by atoms with Crippen LogP contribution in [0, 0.1) is 6.92 Å². The van der Waals surface area contributed by atoms with E-state index in [4.69, 9.17) is 4.36 Å². The largest absolute Gasteiger partial charge is 0.508 e. The van der Waals surface area contributed by atoms with Crippen LogP contribution in [0.2, 0.25) is 0 Å². The number of para-hydroxylation sites is 1. The van der Waals surface area contributed by atoms with Crippen molar-refractivity contribution in [3.8, 4) is 11.5 Å². The van der Waals surface area contributed by atoms with E-state index in [1.807, 2.05) is 55.6 Å². The molecule has 3 aromatic carbocycles. The molecule has 6 heteroatoms. The first-order valence-electron chi connectivity index (χ1n) is 9.12. The number of benzene rings is 3. The SMILES string of the molecule is Cc1cc(O)cc(Nc2ccnc3ccc(N=S(C)c4ccccc4O)cc23)c1. The van der Waals surface area contributed by atoms with Crippen LogP contribution in [-0.2, 0) is 10.7 Å². The molecule has 0 bridgehead atoms. The summed E-state index contributed by atoms with van der Waals surface area (Å²) in [6, 6.07) is 20.4. The van der Waals surface area contributed by atoms with Gasteiger partial charge in [-0.15, -0.1) is 0 Å². The lowest BCUT2D eigenvalue weighted by Gasteiger charge is -2.11. The van der Waals surface area contributed by atoms with Crippen molar-refractivity contribution in [3.05, 3.63) is 78.5 Å². The van der Waals surface area contributed by atoms with Gasteiger partial charge in [0.1, 0.15) is 11.5 Å². The zero-order valence-electron chi connectivity index (χ0n) is 16.1. The molecule has 3 N–H and O–H groups in total. The first-order valence-corrected chi connectivity index (χ1v) is 10.7. The first kappa shape index (κ1) is 19.0. The molecule has 4 aromatic rings. The molecule has 1 aromatic heterocycles. The number of fused-ring (bicyclic) bond motifs is 1. The van der Waals surface area contributed by atoms with E-state index in [-0.39, 0.29) is 11.5 Å². The number of nitrogens with one attached hydrogen (secondary N) is 1. The van der Waals surface area contributed by atoms with E-state index in [1.165, 1.54) is 0 Å². The summed E-state index contributed by atoms with van der Waals surface area (Å²) < 4.78 is 4.79. The summed E-state index contributed by atoms with van der Waals surface area (Å²) >= 11 is 0. The molecule has 4 rings (SSSR count). The highest BCUT2D eigenvalue weighted by atomic mass is 32.2. The lowest BCUT2D eigenvalue weighted by Crippen LogP contribution is -1.93. The smallest absolute Gasteiger partial charge is 0.130 e. The molecule has 0 aliphatic heterocycles. The summed E-state index contributed by atoms with van der Waals surface area (Å²) in [5.74, 6) is 0.477. The summed E-state index contributed by atoms with van der Waals surface area (Å²) in [5, 5.41) is 24.3. The van der Waals surface area contributed by atoms with Crippen LogP contribution in [0.5, 0.6) is 11.5 Å². The molecular formula is C23H21N3O2S. The van der Waals surface area contributed by atoms with Gasteiger partial charge in [-0.2, -0.15) is 0 Å². The molecule has 29 heavy (non-hydrogen) atoms. The van der Waals surface area contributed by atoms with E-state index in [1.54, 1.807) is 30.5 Å². The van der Waals surface area contributed by atoms with Gasteiger partial charge >= 0.3 is 0 Å². The Labute approximate surface area is 171 Å². The van der Waals surface area contributed by atoms with Gasteiger partial charge in [0, 0.05) is 29.0 Å².